The number of aromatic nitrogens is 3. The second-order valence-corrected chi connectivity index (χ2v) is 12.5. The van der Waals surface area contributed by atoms with Gasteiger partial charge in [0.25, 0.3) is 0 Å². The van der Waals surface area contributed by atoms with E-state index in [4.69, 9.17) is 9.97 Å². The molecule has 0 aliphatic heterocycles. The highest BCUT2D eigenvalue weighted by molar-refractivity contribution is 6.31. The summed E-state index contributed by atoms with van der Waals surface area (Å²) in [4.78, 5) is 11.0. The van der Waals surface area contributed by atoms with Gasteiger partial charge in [0.2, 0.25) is 5.95 Å². The van der Waals surface area contributed by atoms with Crippen LogP contribution in [-0.4, -0.2) is 14.5 Å². The van der Waals surface area contributed by atoms with E-state index < -0.39 is 0 Å². The molecule has 0 saturated heterocycles. The molecule has 0 fully saturated rings. The molecule has 47 heavy (non-hydrogen) atoms. The Morgan fingerprint density at radius 2 is 1.04 bits per heavy atom. The molecule has 0 bridgehead atoms. The smallest absolute Gasteiger partial charge is 0.235 e. The van der Waals surface area contributed by atoms with Crippen LogP contribution < -0.4 is 0 Å². The van der Waals surface area contributed by atoms with Gasteiger partial charge < -0.3 is 0 Å². The lowest BCUT2D eigenvalue weighted by atomic mass is 9.97. The van der Waals surface area contributed by atoms with Crippen molar-refractivity contribution in [3.63, 3.8) is 0 Å². The molecular weight excluding hydrogens is 571 g/mol. The minimum Gasteiger partial charge on any atom is -0.277 e. The Balaban J connectivity index is 1.38. The first-order valence-electron chi connectivity index (χ1n) is 16.1. The molecule has 0 spiro atoms. The molecule has 3 nitrogen and oxygen atoms in total. The molecule has 0 atom stereocenters. The van der Waals surface area contributed by atoms with E-state index >= 15 is 0 Å². The first-order valence-corrected chi connectivity index (χ1v) is 16.1. The van der Waals surface area contributed by atoms with Crippen molar-refractivity contribution < 1.29 is 0 Å². The van der Waals surface area contributed by atoms with Gasteiger partial charge in [-0.1, -0.05) is 140 Å². The zero-order valence-electron chi connectivity index (χ0n) is 25.3. The lowest BCUT2D eigenvalue weighted by Gasteiger charge is -2.14. The van der Waals surface area contributed by atoms with Crippen molar-refractivity contribution in [2.24, 2.45) is 0 Å². The molecular formula is C44H25N3. The van der Waals surface area contributed by atoms with Crippen LogP contribution in [0.25, 0.3) is 104 Å². The molecule has 3 heteroatoms. The van der Waals surface area contributed by atoms with Gasteiger partial charge in [-0.25, -0.2) is 9.97 Å². The number of rotatable bonds is 2. The fourth-order valence-corrected chi connectivity index (χ4v) is 8.11. The third-order valence-electron chi connectivity index (χ3n) is 10.1. The van der Waals surface area contributed by atoms with Crippen LogP contribution >= 0.6 is 0 Å². The minimum atomic E-state index is 0.679. The number of nitrogens with zero attached hydrogens (tertiary/aromatic N) is 3. The second-order valence-electron chi connectivity index (χ2n) is 12.5. The summed E-state index contributed by atoms with van der Waals surface area (Å²) in [5.74, 6) is 0.679. The molecule has 216 valence electrons. The number of benzene rings is 8. The average molecular weight is 596 g/mol. The maximum atomic E-state index is 5.48. The molecule has 1 aliphatic carbocycles. The SMILES string of the molecule is c1ccc(-c2nc(-n3c4cc5c6c(cccc6c4c4ccc6ccccc6c43)-c3ccccc3-5)nc3c2ccc2ccccc23)cc1. The van der Waals surface area contributed by atoms with Gasteiger partial charge in [0.1, 0.15) is 0 Å². The van der Waals surface area contributed by atoms with Crippen LogP contribution in [0.15, 0.2) is 152 Å². The number of hydrogen-bond donors (Lipinski definition) is 0. The lowest BCUT2D eigenvalue weighted by molar-refractivity contribution is 1.02. The topological polar surface area (TPSA) is 30.7 Å². The van der Waals surface area contributed by atoms with Gasteiger partial charge in [0.05, 0.1) is 22.2 Å². The van der Waals surface area contributed by atoms with Crippen molar-refractivity contribution in [2.75, 3.05) is 0 Å². The Bertz CT molecular complexity index is 2950. The molecule has 0 N–H and O–H groups in total. The first kappa shape index (κ1) is 24.9. The van der Waals surface area contributed by atoms with E-state index in [-0.39, 0.29) is 0 Å². The summed E-state index contributed by atoms with van der Waals surface area (Å²) in [5, 5.41) is 10.8. The summed E-state index contributed by atoms with van der Waals surface area (Å²) in [6.45, 7) is 0. The van der Waals surface area contributed by atoms with E-state index in [0.717, 1.165) is 38.6 Å². The predicted molar refractivity (Wildman–Crippen MR) is 196 cm³/mol. The van der Waals surface area contributed by atoms with Crippen LogP contribution in [0.1, 0.15) is 0 Å². The van der Waals surface area contributed by atoms with E-state index in [2.05, 4.69) is 156 Å². The second kappa shape index (κ2) is 9.12. The van der Waals surface area contributed by atoms with Crippen molar-refractivity contribution in [1.82, 2.24) is 14.5 Å². The highest BCUT2D eigenvalue weighted by Gasteiger charge is 2.27. The predicted octanol–water partition coefficient (Wildman–Crippen LogP) is 11.5. The largest absolute Gasteiger partial charge is 0.277 e. The van der Waals surface area contributed by atoms with Crippen LogP contribution in [-0.2, 0) is 0 Å². The van der Waals surface area contributed by atoms with Gasteiger partial charge in [-0.2, -0.15) is 0 Å². The highest BCUT2D eigenvalue weighted by Crippen LogP contribution is 2.51. The Kier molecular flexibility index (Phi) is 4.84. The standard InChI is InChI=1S/C44H25N3/c1-2-13-28(14-3-1)41-36-24-22-26-11-4-6-15-29(26)42(36)46-44(45-41)47-38-25-37-32-18-9-8-17-31(32)33-19-10-20-34(39(33)37)40(38)35-23-21-27-12-5-7-16-30(27)43(35)47/h1-25H. The third kappa shape index (κ3) is 3.30. The van der Waals surface area contributed by atoms with Gasteiger partial charge in [0, 0.05) is 32.5 Å². The van der Waals surface area contributed by atoms with E-state index in [9.17, 15) is 0 Å². The normalized spacial score (nSPS) is 12.3. The molecule has 2 heterocycles. The van der Waals surface area contributed by atoms with Gasteiger partial charge in [-0.15, -0.1) is 0 Å². The number of hydrogen-bond acceptors (Lipinski definition) is 2. The summed E-state index contributed by atoms with van der Waals surface area (Å²) in [6.07, 6.45) is 0. The quantitative estimate of drug-likeness (QED) is 0.186. The summed E-state index contributed by atoms with van der Waals surface area (Å²) < 4.78 is 2.34. The molecule has 1 aliphatic rings. The molecule has 2 aromatic heterocycles. The molecule has 10 aromatic rings. The van der Waals surface area contributed by atoms with E-state index in [1.165, 1.54) is 60.0 Å². The van der Waals surface area contributed by atoms with Crippen LogP contribution in [0, 0.1) is 0 Å². The summed E-state index contributed by atoms with van der Waals surface area (Å²) in [7, 11) is 0. The molecule has 0 unspecified atom stereocenters. The van der Waals surface area contributed by atoms with Crippen molar-refractivity contribution in [2.45, 2.75) is 0 Å². The summed E-state index contributed by atoms with van der Waals surface area (Å²) in [6, 6.07) is 54.6. The Hall–Kier alpha value is -6.32. The zero-order chi connectivity index (χ0) is 30.6. The zero-order valence-corrected chi connectivity index (χ0v) is 25.3. The Morgan fingerprint density at radius 1 is 0.404 bits per heavy atom. The fourth-order valence-electron chi connectivity index (χ4n) is 8.11. The fraction of sp³-hybridized carbons (Fsp3) is 0. The van der Waals surface area contributed by atoms with Crippen molar-refractivity contribution in [3.05, 3.63) is 152 Å². The third-order valence-corrected chi connectivity index (χ3v) is 10.1. The van der Waals surface area contributed by atoms with Gasteiger partial charge in [-0.05, 0) is 55.9 Å². The molecule has 11 rings (SSSR count). The summed E-state index contributed by atoms with van der Waals surface area (Å²) in [5.41, 5.74) is 10.4. The van der Waals surface area contributed by atoms with Gasteiger partial charge >= 0.3 is 0 Å². The molecule has 0 amide bonds. The van der Waals surface area contributed by atoms with Crippen molar-refractivity contribution in [3.8, 4) is 39.5 Å². The maximum absolute atomic E-state index is 5.48. The van der Waals surface area contributed by atoms with E-state index in [1.54, 1.807) is 0 Å². The highest BCUT2D eigenvalue weighted by atomic mass is 15.2. The maximum Gasteiger partial charge on any atom is 0.235 e. The Labute approximate surface area is 270 Å². The molecule has 0 saturated carbocycles. The van der Waals surface area contributed by atoms with Crippen LogP contribution in [0.3, 0.4) is 0 Å². The molecule has 8 aromatic carbocycles. The van der Waals surface area contributed by atoms with Crippen LogP contribution in [0.4, 0.5) is 0 Å². The Morgan fingerprint density at radius 3 is 1.87 bits per heavy atom. The van der Waals surface area contributed by atoms with E-state index in [1.807, 2.05) is 0 Å². The summed E-state index contributed by atoms with van der Waals surface area (Å²) >= 11 is 0. The van der Waals surface area contributed by atoms with Crippen molar-refractivity contribution >= 4 is 65.0 Å². The first-order chi connectivity index (χ1) is 23.3. The van der Waals surface area contributed by atoms with Gasteiger partial charge in [0.15, 0.2) is 0 Å². The monoisotopic (exact) mass is 595 g/mol. The average Bonchev–Trinajstić information content (AvgIpc) is 3.66. The van der Waals surface area contributed by atoms with Crippen LogP contribution in [0.5, 0.6) is 0 Å². The number of fused-ring (bicyclic) bond motifs is 12. The van der Waals surface area contributed by atoms with Crippen molar-refractivity contribution in [1.29, 1.82) is 0 Å². The molecule has 0 radical (unpaired) electrons. The lowest BCUT2D eigenvalue weighted by Crippen LogP contribution is -2.04. The van der Waals surface area contributed by atoms with E-state index in [0.29, 0.717) is 5.95 Å². The minimum absolute atomic E-state index is 0.679. The van der Waals surface area contributed by atoms with Gasteiger partial charge in [-0.3, -0.25) is 4.57 Å². The van der Waals surface area contributed by atoms with Crippen LogP contribution in [0.2, 0.25) is 0 Å².